The van der Waals surface area contributed by atoms with Crippen LogP contribution in [0.1, 0.15) is 30.1 Å². The van der Waals surface area contributed by atoms with Gasteiger partial charge in [-0.25, -0.2) is 22.9 Å². The highest BCUT2D eigenvalue weighted by Gasteiger charge is 2.50. The normalized spacial score (nSPS) is 14.9. The maximum absolute atomic E-state index is 14.7. The number of nitrogens with zero attached hydrogens (tertiary/aromatic N) is 2. The molecule has 1 saturated carbocycles. The van der Waals surface area contributed by atoms with Gasteiger partial charge in [-0.15, -0.1) is 0 Å². The quantitative estimate of drug-likeness (QED) is 0.287. The van der Waals surface area contributed by atoms with E-state index in [1.165, 1.54) is 12.1 Å². The first-order valence-electron chi connectivity index (χ1n) is 12.2. The van der Waals surface area contributed by atoms with Gasteiger partial charge < -0.3 is 21.5 Å². The first-order chi connectivity index (χ1) is 19.8. The largest absolute Gasteiger partial charge is 0.490 e. The van der Waals surface area contributed by atoms with Crippen molar-refractivity contribution >= 4 is 28.7 Å². The number of nitrogens with one attached hydrogen (secondary N) is 2. The van der Waals surface area contributed by atoms with Crippen molar-refractivity contribution in [2.24, 2.45) is 11.7 Å². The molecule has 0 radical (unpaired) electrons. The van der Waals surface area contributed by atoms with E-state index >= 15 is 0 Å². The number of aromatic nitrogens is 2. The molecule has 0 aliphatic heterocycles. The van der Waals surface area contributed by atoms with Crippen molar-refractivity contribution in [1.29, 1.82) is 0 Å². The molecule has 0 bridgehead atoms. The molecular weight excluding hydrogens is 605 g/mol. The van der Waals surface area contributed by atoms with Crippen LogP contribution in [-0.4, -0.2) is 57.5 Å². The molecule has 1 aliphatic rings. The number of carboxylic acid groups (broad SMARTS) is 1. The summed E-state index contributed by atoms with van der Waals surface area (Å²) in [7, 11) is 0. The summed E-state index contributed by atoms with van der Waals surface area (Å²) in [5, 5.41) is 11.5. The zero-order valence-electron chi connectivity index (χ0n) is 21.8. The Morgan fingerprint density at radius 3 is 2.12 bits per heavy atom. The van der Waals surface area contributed by atoms with Crippen LogP contribution >= 0.6 is 0 Å². The molecule has 2 atom stereocenters. The summed E-state index contributed by atoms with van der Waals surface area (Å²) in [5.74, 6) is -8.78. The summed E-state index contributed by atoms with van der Waals surface area (Å²) >= 11 is 0. The molecule has 5 N–H and O–H groups in total. The number of pyridine rings is 2. The third-order valence-electron chi connectivity index (χ3n) is 5.90. The summed E-state index contributed by atoms with van der Waals surface area (Å²) in [6.07, 6.45) is -8.65. The van der Waals surface area contributed by atoms with Crippen LogP contribution in [0.2, 0.25) is 0 Å². The lowest BCUT2D eigenvalue weighted by molar-refractivity contribution is -0.192. The van der Waals surface area contributed by atoms with Crippen LogP contribution in [0.5, 0.6) is 0 Å². The number of amides is 1. The number of aliphatic carboxylic acids is 1. The van der Waals surface area contributed by atoms with Crippen LogP contribution in [0.15, 0.2) is 35.3 Å². The standard InChI is InChI=1S/C23H21F6N5O2.C2HF3O2/c1-10(30)8-31-17-5-4-13-19(35)14(22(36)33-20(11-2-3-11)23(27,28)29)9-34(21(13)32-17)18-15(25)6-12(24)7-16(18)26;3-2(4,5)1(6)7/h4-7,9-11,20H,2-3,8,30H2,1H3,(H,31,32)(H,33,36);(H,6,7). The molecule has 234 valence electrons. The number of carbonyl (C=O) groups is 2. The smallest absolute Gasteiger partial charge is 0.475 e. The first kappa shape index (κ1) is 33.2. The lowest BCUT2D eigenvalue weighted by atomic mass is 10.1. The SMILES string of the molecule is CC(N)CNc1ccc2c(=O)c(C(=O)NC(C3CC3)C(F)(F)F)cn(-c3c(F)cc(F)cc3F)c2n1.O=C(O)C(F)(F)F. The van der Waals surface area contributed by atoms with Gasteiger partial charge in [-0.2, -0.15) is 26.3 Å². The molecule has 1 fully saturated rings. The van der Waals surface area contributed by atoms with Gasteiger partial charge in [0, 0.05) is 30.9 Å². The van der Waals surface area contributed by atoms with Crippen LogP contribution in [0, 0.1) is 23.4 Å². The Bertz CT molecular complexity index is 1560. The van der Waals surface area contributed by atoms with E-state index in [9.17, 15) is 49.1 Å². The van der Waals surface area contributed by atoms with Gasteiger partial charge in [0.25, 0.3) is 5.91 Å². The lowest BCUT2D eigenvalue weighted by Gasteiger charge is -2.22. The molecule has 2 aromatic heterocycles. The highest BCUT2D eigenvalue weighted by molar-refractivity contribution is 5.97. The number of hydrogen-bond donors (Lipinski definition) is 4. The molecule has 9 nitrogen and oxygen atoms in total. The van der Waals surface area contributed by atoms with E-state index in [2.05, 4.69) is 10.3 Å². The van der Waals surface area contributed by atoms with Gasteiger partial charge in [-0.05, 0) is 37.8 Å². The number of carboxylic acids is 1. The predicted octanol–water partition coefficient (Wildman–Crippen LogP) is 4.27. The van der Waals surface area contributed by atoms with E-state index in [1.54, 1.807) is 6.92 Å². The van der Waals surface area contributed by atoms with Gasteiger partial charge in [-0.3, -0.25) is 14.2 Å². The fraction of sp³-hybridized carbons (Fsp3) is 0.360. The van der Waals surface area contributed by atoms with E-state index in [0.29, 0.717) is 22.9 Å². The van der Waals surface area contributed by atoms with Crippen LogP contribution < -0.4 is 21.8 Å². The number of benzene rings is 1. The fourth-order valence-corrected chi connectivity index (χ4v) is 3.78. The minimum absolute atomic E-state index is 0.166. The zero-order valence-corrected chi connectivity index (χ0v) is 21.8. The highest BCUT2D eigenvalue weighted by Crippen LogP contribution is 2.40. The Morgan fingerprint density at radius 2 is 1.65 bits per heavy atom. The molecule has 1 aromatic carbocycles. The van der Waals surface area contributed by atoms with Crippen molar-refractivity contribution in [2.45, 2.75) is 44.2 Å². The maximum atomic E-state index is 14.7. The van der Waals surface area contributed by atoms with Gasteiger partial charge in [0.2, 0.25) is 5.43 Å². The van der Waals surface area contributed by atoms with Crippen LogP contribution in [0.25, 0.3) is 16.7 Å². The minimum Gasteiger partial charge on any atom is -0.475 e. The maximum Gasteiger partial charge on any atom is 0.490 e. The average molecular weight is 627 g/mol. The average Bonchev–Trinajstić information content (AvgIpc) is 3.70. The van der Waals surface area contributed by atoms with Gasteiger partial charge >= 0.3 is 18.3 Å². The van der Waals surface area contributed by atoms with Gasteiger partial charge in [0.1, 0.15) is 28.9 Å². The van der Waals surface area contributed by atoms with E-state index in [4.69, 9.17) is 15.6 Å². The molecule has 18 heteroatoms. The number of nitrogens with two attached hydrogens (primary N) is 1. The van der Waals surface area contributed by atoms with Gasteiger partial charge in [0.15, 0.2) is 17.3 Å². The Hall–Kier alpha value is -4.35. The lowest BCUT2D eigenvalue weighted by Crippen LogP contribution is -2.48. The molecular formula is C25H22F9N5O4. The van der Waals surface area contributed by atoms with Crippen molar-refractivity contribution in [2.75, 3.05) is 11.9 Å². The topological polar surface area (TPSA) is 139 Å². The van der Waals surface area contributed by atoms with Crippen molar-refractivity contribution in [1.82, 2.24) is 14.9 Å². The molecule has 1 amide bonds. The van der Waals surface area contributed by atoms with E-state index < -0.39 is 70.3 Å². The van der Waals surface area contributed by atoms with Crippen molar-refractivity contribution in [3.8, 4) is 5.69 Å². The molecule has 0 spiro atoms. The second-order valence-corrected chi connectivity index (χ2v) is 9.52. The second kappa shape index (κ2) is 12.5. The van der Waals surface area contributed by atoms with E-state index in [1.807, 2.05) is 5.32 Å². The Kier molecular flexibility index (Phi) is 9.63. The number of carbonyl (C=O) groups excluding carboxylic acids is 1. The predicted molar refractivity (Wildman–Crippen MR) is 133 cm³/mol. The van der Waals surface area contributed by atoms with Crippen LogP contribution in [-0.2, 0) is 4.79 Å². The van der Waals surface area contributed by atoms with Crippen LogP contribution in [0.3, 0.4) is 0 Å². The number of hydrogen-bond acceptors (Lipinski definition) is 6. The molecule has 1 aliphatic carbocycles. The van der Waals surface area contributed by atoms with E-state index in [-0.39, 0.29) is 42.3 Å². The highest BCUT2D eigenvalue weighted by atomic mass is 19.4. The van der Waals surface area contributed by atoms with Crippen molar-refractivity contribution in [3.05, 3.63) is 63.7 Å². The molecule has 43 heavy (non-hydrogen) atoms. The minimum atomic E-state index is -5.08. The van der Waals surface area contributed by atoms with E-state index in [0.717, 1.165) is 0 Å². The second-order valence-electron chi connectivity index (χ2n) is 9.52. The summed E-state index contributed by atoms with van der Waals surface area (Å²) in [4.78, 5) is 39.0. The van der Waals surface area contributed by atoms with Crippen molar-refractivity contribution < 1.29 is 54.2 Å². The monoisotopic (exact) mass is 627 g/mol. The summed E-state index contributed by atoms with van der Waals surface area (Å²) in [5.41, 5.74) is 2.72. The molecule has 3 aromatic rings. The Labute approximate surface area is 235 Å². The fourth-order valence-electron chi connectivity index (χ4n) is 3.78. The summed E-state index contributed by atoms with van der Waals surface area (Å²) < 4.78 is 116. The Balaban J connectivity index is 0.000000646. The first-order valence-corrected chi connectivity index (χ1v) is 12.2. The zero-order chi connectivity index (χ0) is 32.4. The van der Waals surface area contributed by atoms with Crippen LogP contribution in [0.4, 0.5) is 45.3 Å². The Morgan fingerprint density at radius 1 is 1.09 bits per heavy atom. The number of halogens is 9. The van der Waals surface area contributed by atoms with Crippen molar-refractivity contribution in [3.63, 3.8) is 0 Å². The summed E-state index contributed by atoms with van der Waals surface area (Å²) in [6, 6.07) is 0.841. The molecule has 2 heterocycles. The number of rotatable bonds is 7. The van der Waals surface area contributed by atoms with Gasteiger partial charge in [-0.1, -0.05) is 0 Å². The molecule has 0 saturated heterocycles. The van der Waals surface area contributed by atoms with Gasteiger partial charge in [0.05, 0.1) is 5.39 Å². The third-order valence-corrected chi connectivity index (χ3v) is 5.90. The third kappa shape index (κ3) is 8.14. The number of alkyl halides is 6. The number of anilines is 1. The summed E-state index contributed by atoms with van der Waals surface area (Å²) in [6.45, 7) is 1.95. The number of fused-ring (bicyclic) bond motifs is 1. The molecule has 2 unspecified atom stereocenters. The molecule has 4 rings (SSSR count).